The standard InChI is InChI=1S/C36H39N3O3/c1-27(40)39(34-15-17-38(18-16-34)24-28-7-3-2-4-8-28)25-31-10-6-12-33(20-31)32-11-5-9-29(19-32)22-37-23-30-13-14-35-36(21-30)42-26-41-35/h2-14,19-21,34,37H,15-18,22-26H2,1H3. The minimum absolute atomic E-state index is 0.150. The number of amides is 1. The maximum atomic E-state index is 12.8. The molecule has 6 nitrogen and oxygen atoms in total. The van der Waals surface area contributed by atoms with Crippen LogP contribution in [0.25, 0.3) is 11.1 Å². The van der Waals surface area contributed by atoms with E-state index in [-0.39, 0.29) is 11.9 Å². The molecule has 0 atom stereocenters. The Kier molecular flexibility index (Phi) is 8.83. The lowest BCUT2D eigenvalue weighted by Gasteiger charge is -2.38. The van der Waals surface area contributed by atoms with Gasteiger partial charge in [-0.05, 0) is 70.5 Å². The summed E-state index contributed by atoms with van der Waals surface area (Å²) in [6.07, 6.45) is 2.01. The van der Waals surface area contributed by atoms with Crippen LogP contribution in [0.1, 0.15) is 42.0 Å². The van der Waals surface area contributed by atoms with Crippen molar-refractivity contribution < 1.29 is 14.3 Å². The molecule has 0 unspecified atom stereocenters. The Labute approximate surface area is 248 Å². The van der Waals surface area contributed by atoms with Crippen LogP contribution in [0.5, 0.6) is 11.5 Å². The van der Waals surface area contributed by atoms with Crippen LogP contribution in [0.15, 0.2) is 97.1 Å². The molecule has 0 aromatic heterocycles. The summed E-state index contributed by atoms with van der Waals surface area (Å²) in [5, 5.41) is 3.55. The highest BCUT2D eigenvalue weighted by molar-refractivity contribution is 5.74. The fraction of sp³-hybridized carbons (Fsp3) is 0.306. The third kappa shape index (κ3) is 7.01. The zero-order chi connectivity index (χ0) is 28.7. The number of rotatable bonds is 10. The van der Waals surface area contributed by atoms with E-state index in [4.69, 9.17) is 9.47 Å². The molecule has 216 valence electrons. The fourth-order valence-corrected chi connectivity index (χ4v) is 6.04. The van der Waals surface area contributed by atoms with Gasteiger partial charge in [0.2, 0.25) is 12.7 Å². The lowest BCUT2D eigenvalue weighted by Crippen LogP contribution is -2.46. The van der Waals surface area contributed by atoms with Gasteiger partial charge in [-0.15, -0.1) is 0 Å². The Balaban J connectivity index is 1.05. The molecule has 2 aliphatic rings. The van der Waals surface area contributed by atoms with E-state index < -0.39 is 0 Å². The molecule has 0 bridgehead atoms. The molecule has 1 amide bonds. The van der Waals surface area contributed by atoms with Gasteiger partial charge >= 0.3 is 0 Å². The van der Waals surface area contributed by atoms with E-state index in [0.29, 0.717) is 13.3 Å². The summed E-state index contributed by atoms with van der Waals surface area (Å²) < 4.78 is 10.9. The predicted molar refractivity (Wildman–Crippen MR) is 166 cm³/mol. The molecule has 42 heavy (non-hydrogen) atoms. The SMILES string of the molecule is CC(=O)N(Cc1cccc(-c2cccc(CNCc3ccc4c(c3)OCO4)c2)c1)C1CCN(Cc2ccccc2)CC1. The molecule has 0 spiro atoms. The number of fused-ring (bicyclic) bond motifs is 1. The van der Waals surface area contributed by atoms with Gasteiger partial charge in [-0.3, -0.25) is 9.69 Å². The van der Waals surface area contributed by atoms with Crippen molar-refractivity contribution in [2.45, 2.75) is 52.0 Å². The van der Waals surface area contributed by atoms with E-state index in [1.807, 2.05) is 12.1 Å². The Hall–Kier alpha value is -4.13. The monoisotopic (exact) mass is 561 g/mol. The molecule has 0 radical (unpaired) electrons. The highest BCUT2D eigenvalue weighted by Crippen LogP contribution is 2.32. The number of hydrogen-bond donors (Lipinski definition) is 1. The molecule has 6 heteroatoms. The van der Waals surface area contributed by atoms with E-state index in [2.05, 4.69) is 100 Å². The average Bonchev–Trinajstić information content (AvgIpc) is 3.49. The van der Waals surface area contributed by atoms with Crippen molar-refractivity contribution in [1.82, 2.24) is 15.1 Å². The number of likely N-dealkylation sites (tertiary alicyclic amines) is 1. The molecule has 0 aliphatic carbocycles. The van der Waals surface area contributed by atoms with Crippen LogP contribution in [0.4, 0.5) is 0 Å². The molecule has 4 aromatic rings. The van der Waals surface area contributed by atoms with Gasteiger partial charge in [0.1, 0.15) is 0 Å². The predicted octanol–water partition coefficient (Wildman–Crippen LogP) is 6.39. The van der Waals surface area contributed by atoms with Crippen LogP contribution in [-0.2, 0) is 31.0 Å². The third-order valence-electron chi connectivity index (χ3n) is 8.29. The van der Waals surface area contributed by atoms with Crippen LogP contribution in [-0.4, -0.2) is 41.6 Å². The van der Waals surface area contributed by atoms with Crippen LogP contribution in [0, 0.1) is 0 Å². The van der Waals surface area contributed by atoms with Gasteiger partial charge in [-0.25, -0.2) is 0 Å². The zero-order valence-corrected chi connectivity index (χ0v) is 24.3. The maximum absolute atomic E-state index is 12.8. The Morgan fingerprint density at radius 2 is 1.40 bits per heavy atom. The molecule has 2 heterocycles. The van der Waals surface area contributed by atoms with Gasteiger partial charge in [0.05, 0.1) is 0 Å². The average molecular weight is 562 g/mol. The Morgan fingerprint density at radius 1 is 0.762 bits per heavy atom. The smallest absolute Gasteiger partial charge is 0.231 e. The second-order valence-corrected chi connectivity index (χ2v) is 11.3. The highest BCUT2D eigenvalue weighted by Gasteiger charge is 2.26. The minimum Gasteiger partial charge on any atom is -0.454 e. The van der Waals surface area contributed by atoms with Gasteiger partial charge < -0.3 is 19.7 Å². The molecule has 1 fully saturated rings. The van der Waals surface area contributed by atoms with Gasteiger partial charge in [0.25, 0.3) is 0 Å². The first kappa shape index (κ1) is 28.0. The van der Waals surface area contributed by atoms with Crippen LogP contribution >= 0.6 is 0 Å². The molecule has 2 aliphatic heterocycles. The van der Waals surface area contributed by atoms with Crippen molar-refractivity contribution in [1.29, 1.82) is 0 Å². The second-order valence-electron chi connectivity index (χ2n) is 11.3. The van der Waals surface area contributed by atoms with Gasteiger partial charge in [0.15, 0.2) is 11.5 Å². The molecule has 0 saturated carbocycles. The van der Waals surface area contributed by atoms with Crippen molar-refractivity contribution in [3.05, 3.63) is 119 Å². The van der Waals surface area contributed by atoms with E-state index in [9.17, 15) is 4.79 Å². The van der Waals surface area contributed by atoms with E-state index in [0.717, 1.165) is 57.1 Å². The number of piperidine rings is 1. The number of nitrogens with one attached hydrogen (secondary N) is 1. The van der Waals surface area contributed by atoms with Gasteiger partial charge in [-0.2, -0.15) is 0 Å². The Bertz CT molecular complexity index is 1500. The quantitative estimate of drug-likeness (QED) is 0.243. The number of ether oxygens (including phenoxy) is 2. The van der Waals surface area contributed by atoms with E-state index in [1.54, 1.807) is 6.92 Å². The van der Waals surface area contributed by atoms with Crippen molar-refractivity contribution in [2.24, 2.45) is 0 Å². The maximum Gasteiger partial charge on any atom is 0.231 e. The summed E-state index contributed by atoms with van der Waals surface area (Å²) in [5.74, 6) is 1.77. The largest absolute Gasteiger partial charge is 0.454 e. The second kappa shape index (κ2) is 13.2. The normalized spacial score (nSPS) is 15.1. The number of carbonyl (C=O) groups excluding carboxylic acids is 1. The first-order valence-electron chi connectivity index (χ1n) is 14.9. The molecular weight excluding hydrogens is 522 g/mol. The van der Waals surface area contributed by atoms with Gasteiger partial charge in [-0.1, -0.05) is 72.8 Å². The number of hydrogen-bond acceptors (Lipinski definition) is 5. The highest BCUT2D eigenvalue weighted by atomic mass is 16.7. The summed E-state index contributed by atoms with van der Waals surface area (Å²) in [6, 6.07) is 34.3. The molecule has 1 saturated heterocycles. The van der Waals surface area contributed by atoms with Crippen LogP contribution < -0.4 is 14.8 Å². The third-order valence-corrected chi connectivity index (χ3v) is 8.29. The van der Waals surface area contributed by atoms with Crippen LogP contribution in [0.3, 0.4) is 0 Å². The lowest BCUT2D eigenvalue weighted by atomic mass is 9.99. The van der Waals surface area contributed by atoms with Crippen molar-refractivity contribution in [3.8, 4) is 22.6 Å². The van der Waals surface area contributed by atoms with Crippen LogP contribution in [0.2, 0.25) is 0 Å². The molecule has 6 rings (SSSR count). The molecule has 1 N–H and O–H groups in total. The number of carbonyl (C=O) groups is 1. The van der Waals surface area contributed by atoms with E-state index >= 15 is 0 Å². The first-order chi connectivity index (χ1) is 20.6. The lowest BCUT2D eigenvalue weighted by molar-refractivity contribution is -0.132. The summed E-state index contributed by atoms with van der Waals surface area (Å²) in [4.78, 5) is 17.4. The summed E-state index contributed by atoms with van der Waals surface area (Å²) >= 11 is 0. The number of nitrogens with zero attached hydrogens (tertiary/aromatic N) is 2. The Morgan fingerprint density at radius 3 is 2.14 bits per heavy atom. The molecule has 4 aromatic carbocycles. The summed E-state index contributed by atoms with van der Waals surface area (Å²) in [7, 11) is 0. The summed E-state index contributed by atoms with van der Waals surface area (Å²) in [5.41, 5.74) is 7.27. The van der Waals surface area contributed by atoms with Gasteiger partial charge in [0, 0.05) is 52.2 Å². The van der Waals surface area contributed by atoms with Crippen molar-refractivity contribution >= 4 is 5.91 Å². The fourth-order valence-electron chi connectivity index (χ4n) is 6.04. The number of benzene rings is 4. The topological polar surface area (TPSA) is 54.0 Å². The minimum atomic E-state index is 0.150. The molecular formula is C36H39N3O3. The zero-order valence-electron chi connectivity index (χ0n) is 24.3. The van der Waals surface area contributed by atoms with E-state index in [1.165, 1.54) is 33.4 Å². The summed E-state index contributed by atoms with van der Waals surface area (Å²) in [6.45, 7) is 7.16. The van der Waals surface area contributed by atoms with Crippen molar-refractivity contribution in [3.63, 3.8) is 0 Å². The van der Waals surface area contributed by atoms with Crippen molar-refractivity contribution in [2.75, 3.05) is 19.9 Å². The first-order valence-corrected chi connectivity index (χ1v) is 14.9.